The predicted octanol–water partition coefficient (Wildman–Crippen LogP) is 2.07. The molecule has 2 heterocycles. The highest BCUT2D eigenvalue weighted by Gasteiger charge is 2.33. The Balaban J connectivity index is 2.05. The first-order valence-electron chi connectivity index (χ1n) is 6.52. The highest BCUT2D eigenvalue weighted by Crippen LogP contribution is 2.35. The molecule has 0 radical (unpaired) electrons. The van der Waals surface area contributed by atoms with Crippen molar-refractivity contribution in [1.82, 2.24) is 4.98 Å². The van der Waals surface area contributed by atoms with Gasteiger partial charge < -0.3 is 14.7 Å². The van der Waals surface area contributed by atoms with E-state index in [0.29, 0.717) is 13.1 Å². The number of pyridine rings is 1. The van der Waals surface area contributed by atoms with Crippen LogP contribution in [0.3, 0.4) is 0 Å². The first kappa shape index (κ1) is 12.7. The maximum atomic E-state index is 10.9. The number of hydrogen-bond acceptors (Lipinski definition) is 4. The molecule has 3 rings (SSSR count). The number of aliphatic carboxylic acids is 1. The van der Waals surface area contributed by atoms with E-state index in [1.54, 1.807) is 7.11 Å². The van der Waals surface area contributed by atoms with Crippen molar-refractivity contribution in [3.05, 3.63) is 30.0 Å². The van der Waals surface area contributed by atoms with Crippen LogP contribution >= 0.6 is 0 Å². The van der Waals surface area contributed by atoms with E-state index < -0.39 is 5.97 Å². The summed E-state index contributed by atoms with van der Waals surface area (Å²) in [5.74, 6) is -0.263. The summed E-state index contributed by atoms with van der Waals surface area (Å²) in [6.45, 7) is 3.03. The van der Waals surface area contributed by atoms with E-state index in [9.17, 15) is 4.79 Å². The normalized spacial score (nSPS) is 15.2. The van der Waals surface area contributed by atoms with Gasteiger partial charge in [-0.05, 0) is 19.1 Å². The molecule has 1 aliphatic rings. The van der Waals surface area contributed by atoms with Crippen molar-refractivity contribution in [2.24, 2.45) is 5.92 Å². The number of para-hydroxylation sites is 1. The molecule has 104 valence electrons. The number of carboxylic acids is 1. The van der Waals surface area contributed by atoms with Gasteiger partial charge in [0.25, 0.3) is 0 Å². The minimum atomic E-state index is -0.728. The zero-order valence-corrected chi connectivity index (χ0v) is 11.5. The van der Waals surface area contributed by atoms with E-state index >= 15 is 0 Å². The van der Waals surface area contributed by atoms with Gasteiger partial charge in [-0.3, -0.25) is 4.79 Å². The number of benzene rings is 1. The number of ether oxygens (including phenoxy) is 1. The van der Waals surface area contributed by atoms with Crippen LogP contribution in [0.2, 0.25) is 0 Å². The van der Waals surface area contributed by atoms with Gasteiger partial charge in [-0.25, -0.2) is 4.98 Å². The third-order valence-corrected chi connectivity index (χ3v) is 3.70. The Morgan fingerprint density at radius 2 is 2.20 bits per heavy atom. The van der Waals surface area contributed by atoms with Gasteiger partial charge in [0.2, 0.25) is 0 Å². The Morgan fingerprint density at radius 1 is 1.45 bits per heavy atom. The molecule has 1 N–H and O–H groups in total. The Morgan fingerprint density at radius 3 is 2.85 bits per heavy atom. The van der Waals surface area contributed by atoms with Gasteiger partial charge in [-0.15, -0.1) is 0 Å². The Bertz CT molecular complexity index is 678. The lowest BCUT2D eigenvalue weighted by Gasteiger charge is -2.39. The van der Waals surface area contributed by atoms with Gasteiger partial charge >= 0.3 is 5.97 Å². The van der Waals surface area contributed by atoms with Gasteiger partial charge in [0.1, 0.15) is 11.3 Å². The molecule has 0 unspecified atom stereocenters. The number of anilines is 1. The number of aromatic nitrogens is 1. The summed E-state index contributed by atoms with van der Waals surface area (Å²) in [5, 5.41) is 9.99. The van der Waals surface area contributed by atoms with Crippen molar-refractivity contribution in [3.8, 4) is 5.75 Å². The monoisotopic (exact) mass is 272 g/mol. The molecule has 0 amide bonds. The van der Waals surface area contributed by atoms with Crippen LogP contribution in [0.25, 0.3) is 10.9 Å². The van der Waals surface area contributed by atoms with Crippen LogP contribution < -0.4 is 9.64 Å². The third-order valence-electron chi connectivity index (χ3n) is 3.70. The molecular weight excluding hydrogens is 256 g/mol. The first-order chi connectivity index (χ1) is 9.60. The molecule has 1 saturated heterocycles. The summed E-state index contributed by atoms with van der Waals surface area (Å²) in [6, 6.07) is 7.80. The van der Waals surface area contributed by atoms with Crippen molar-refractivity contribution >= 4 is 22.6 Å². The maximum absolute atomic E-state index is 10.9. The Labute approximate surface area is 116 Å². The lowest BCUT2D eigenvalue weighted by atomic mass is 9.98. The Kier molecular flexibility index (Phi) is 2.97. The second-order valence-corrected chi connectivity index (χ2v) is 5.08. The molecule has 2 aromatic rings. The number of rotatable bonds is 3. The number of nitrogens with zero attached hydrogens (tertiary/aromatic N) is 2. The molecule has 1 aromatic heterocycles. The van der Waals surface area contributed by atoms with E-state index in [2.05, 4.69) is 9.88 Å². The van der Waals surface area contributed by atoms with Crippen LogP contribution in [0.1, 0.15) is 5.69 Å². The van der Waals surface area contributed by atoms with Gasteiger partial charge in [-0.2, -0.15) is 0 Å². The SMILES string of the molecule is COc1cccc2c(N3CC(C(=O)O)C3)cc(C)nc12. The maximum Gasteiger partial charge on any atom is 0.310 e. The van der Waals surface area contributed by atoms with Crippen molar-refractivity contribution < 1.29 is 14.6 Å². The molecule has 1 aromatic carbocycles. The molecule has 5 heteroatoms. The highest BCUT2D eigenvalue weighted by atomic mass is 16.5. The summed E-state index contributed by atoms with van der Waals surface area (Å²) in [6.07, 6.45) is 0. The van der Waals surface area contributed by atoms with Crippen LogP contribution in [-0.4, -0.2) is 36.3 Å². The van der Waals surface area contributed by atoms with Crippen molar-refractivity contribution in [2.75, 3.05) is 25.1 Å². The third kappa shape index (κ3) is 1.95. The lowest BCUT2D eigenvalue weighted by Crippen LogP contribution is -2.50. The minimum absolute atomic E-state index is 0.274. The highest BCUT2D eigenvalue weighted by molar-refractivity contribution is 5.96. The summed E-state index contributed by atoms with van der Waals surface area (Å²) < 4.78 is 5.35. The standard InChI is InChI=1S/C15H16N2O3/c1-9-6-12(17-7-10(8-17)15(18)19)11-4-3-5-13(20-2)14(11)16-9/h3-6,10H,7-8H2,1-2H3,(H,18,19). The lowest BCUT2D eigenvalue weighted by molar-refractivity contribution is -0.142. The van der Waals surface area contributed by atoms with E-state index in [1.165, 1.54) is 0 Å². The summed E-state index contributed by atoms with van der Waals surface area (Å²) in [5.41, 5.74) is 2.75. The zero-order chi connectivity index (χ0) is 14.3. The number of fused-ring (bicyclic) bond motifs is 1. The van der Waals surface area contributed by atoms with Crippen LogP contribution in [0.15, 0.2) is 24.3 Å². The van der Waals surface area contributed by atoms with E-state index in [0.717, 1.165) is 28.0 Å². The number of aryl methyl sites for hydroxylation is 1. The molecule has 1 fully saturated rings. The average molecular weight is 272 g/mol. The molecular formula is C15H16N2O3. The van der Waals surface area contributed by atoms with Crippen LogP contribution in [0.5, 0.6) is 5.75 Å². The van der Waals surface area contributed by atoms with Crippen LogP contribution in [-0.2, 0) is 4.79 Å². The van der Waals surface area contributed by atoms with Crippen molar-refractivity contribution in [1.29, 1.82) is 0 Å². The average Bonchev–Trinajstić information content (AvgIpc) is 2.35. The quantitative estimate of drug-likeness (QED) is 0.926. The number of hydrogen-bond donors (Lipinski definition) is 1. The number of carbonyl (C=O) groups is 1. The molecule has 5 nitrogen and oxygen atoms in total. The van der Waals surface area contributed by atoms with E-state index in [1.807, 2.05) is 31.2 Å². The minimum Gasteiger partial charge on any atom is -0.494 e. The largest absolute Gasteiger partial charge is 0.494 e. The van der Waals surface area contributed by atoms with Crippen molar-refractivity contribution in [3.63, 3.8) is 0 Å². The molecule has 0 aliphatic carbocycles. The summed E-state index contributed by atoms with van der Waals surface area (Å²) >= 11 is 0. The van der Waals surface area contributed by atoms with E-state index in [4.69, 9.17) is 9.84 Å². The fourth-order valence-corrected chi connectivity index (χ4v) is 2.59. The van der Waals surface area contributed by atoms with Crippen molar-refractivity contribution in [2.45, 2.75) is 6.92 Å². The first-order valence-corrected chi connectivity index (χ1v) is 6.52. The fraction of sp³-hybridized carbons (Fsp3) is 0.333. The number of carboxylic acid groups (broad SMARTS) is 1. The van der Waals surface area contributed by atoms with Crippen LogP contribution in [0, 0.1) is 12.8 Å². The second-order valence-electron chi connectivity index (χ2n) is 5.08. The Hall–Kier alpha value is -2.30. The van der Waals surface area contributed by atoms with Gasteiger partial charge in [0, 0.05) is 29.9 Å². The second kappa shape index (κ2) is 4.67. The molecule has 0 bridgehead atoms. The zero-order valence-electron chi connectivity index (χ0n) is 11.5. The summed E-state index contributed by atoms with van der Waals surface area (Å²) in [7, 11) is 1.63. The topological polar surface area (TPSA) is 62.7 Å². The fourth-order valence-electron chi connectivity index (χ4n) is 2.59. The summed E-state index contributed by atoms with van der Waals surface area (Å²) in [4.78, 5) is 17.5. The molecule has 0 spiro atoms. The number of methoxy groups -OCH3 is 1. The smallest absolute Gasteiger partial charge is 0.310 e. The van der Waals surface area contributed by atoms with Gasteiger partial charge in [0.05, 0.1) is 13.0 Å². The van der Waals surface area contributed by atoms with E-state index in [-0.39, 0.29) is 5.92 Å². The molecule has 1 aliphatic heterocycles. The van der Waals surface area contributed by atoms with Crippen LogP contribution in [0.4, 0.5) is 5.69 Å². The van der Waals surface area contributed by atoms with Gasteiger partial charge in [0.15, 0.2) is 0 Å². The van der Waals surface area contributed by atoms with Gasteiger partial charge in [-0.1, -0.05) is 12.1 Å². The molecule has 0 saturated carbocycles. The molecule has 20 heavy (non-hydrogen) atoms. The molecule has 0 atom stereocenters. The predicted molar refractivity (Wildman–Crippen MR) is 76.4 cm³/mol.